The molecule has 0 spiro atoms. The van der Waals surface area contributed by atoms with Crippen LogP contribution in [0, 0.1) is 5.92 Å². The number of nitrogens with zero attached hydrogens (tertiary/aromatic N) is 2. The van der Waals surface area contributed by atoms with E-state index in [4.69, 9.17) is 0 Å². The maximum Gasteiger partial charge on any atom is 0.0249 e. The molecule has 3 nitrogen and oxygen atoms in total. The van der Waals surface area contributed by atoms with Crippen LogP contribution in [0.3, 0.4) is 0 Å². The van der Waals surface area contributed by atoms with E-state index in [1.807, 2.05) is 0 Å². The molecule has 0 aromatic carbocycles. The molecule has 20 heavy (non-hydrogen) atoms. The fourth-order valence-electron chi connectivity index (χ4n) is 4.54. The second kappa shape index (κ2) is 6.76. The lowest BCUT2D eigenvalue weighted by atomic mass is 9.96. The van der Waals surface area contributed by atoms with E-state index in [0.29, 0.717) is 0 Å². The van der Waals surface area contributed by atoms with E-state index < -0.39 is 0 Å². The van der Waals surface area contributed by atoms with E-state index >= 15 is 0 Å². The van der Waals surface area contributed by atoms with Crippen molar-refractivity contribution in [2.75, 3.05) is 32.7 Å². The predicted molar refractivity (Wildman–Crippen MR) is 85.1 cm³/mol. The van der Waals surface area contributed by atoms with Gasteiger partial charge in [-0.05, 0) is 57.7 Å². The zero-order chi connectivity index (χ0) is 13.9. The van der Waals surface area contributed by atoms with Crippen LogP contribution in [0.2, 0.25) is 0 Å². The molecule has 1 N–H and O–H groups in total. The van der Waals surface area contributed by atoms with E-state index in [1.165, 1.54) is 71.2 Å². The molecule has 116 valence electrons. The summed E-state index contributed by atoms with van der Waals surface area (Å²) in [5, 5.41) is 4.02. The van der Waals surface area contributed by atoms with Gasteiger partial charge in [0.25, 0.3) is 0 Å². The van der Waals surface area contributed by atoms with Crippen molar-refractivity contribution in [3.63, 3.8) is 0 Å². The molecule has 0 saturated carbocycles. The molecule has 0 bridgehead atoms. The van der Waals surface area contributed by atoms with Gasteiger partial charge in [0.15, 0.2) is 0 Å². The molecule has 2 atom stereocenters. The first-order valence-electron chi connectivity index (χ1n) is 8.95. The van der Waals surface area contributed by atoms with Crippen LogP contribution in [0.15, 0.2) is 0 Å². The minimum atomic E-state index is 0.783. The standard InChI is InChI=1S/C17H33N3/c1-14(2)13-19-10-6-15(7-11-19)18-16-8-12-20-9-4-3-5-17(16)20/h14-18H,3-13H2,1-2H3. The summed E-state index contributed by atoms with van der Waals surface area (Å²) < 4.78 is 0. The van der Waals surface area contributed by atoms with Crippen molar-refractivity contribution in [1.29, 1.82) is 0 Å². The lowest BCUT2D eigenvalue weighted by Crippen LogP contribution is -2.51. The van der Waals surface area contributed by atoms with Gasteiger partial charge in [-0.3, -0.25) is 4.90 Å². The summed E-state index contributed by atoms with van der Waals surface area (Å²) in [7, 11) is 0. The van der Waals surface area contributed by atoms with Crippen LogP contribution in [-0.4, -0.2) is 60.6 Å². The third kappa shape index (κ3) is 3.55. The number of rotatable bonds is 4. The van der Waals surface area contributed by atoms with Crippen molar-refractivity contribution >= 4 is 0 Å². The molecule has 2 unspecified atom stereocenters. The fourth-order valence-corrected chi connectivity index (χ4v) is 4.54. The van der Waals surface area contributed by atoms with Gasteiger partial charge in [-0.25, -0.2) is 0 Å². The maximum absolute atomic E-state index is 4.02. The number of likely N-dealkylation sites (tertiary alicyclic amines) is 1. The highest BCUT2D eigenvalue weighted by Crippen LogP contribution is 2.28. The van der Waals surface area contributed by atoms with Crippen LogP contribution in [0.25, 0.3) is 0 Å². The molecular formula is C17H33N3. The summed E-state index contributed by atoms with van der Waals surface area (Å²) in [6.07, 6.45) is 8.41. The average molecular weight is 279 g/mol. The van der Waals surface area contributed by atoms with E-state index in [-0.39, 0.29) is 0 Å². The largest absolute Gasteiger partial charge is 0.310 e. The van der Waals surface area contributed by atoms with Gasteiger partial charge in [-0.1, -0.05) is 20.3 Å². The van der Waals surface area contributed by atoms with Gasteiger partial charge in [0.1, 0.15) is 0 Å². The highest BCUT2D eigenvalue weighted by atomic mass is 15.2. The second-order valence-corrected chi connectivity index (χ2v) is 7.63. The fraction of sp³-hybridized carbons (Fsp3) is 1.00. The van der Waals surface area contributed by atoms with Crippen LogP contribution in [0.1, 0.15) is 52.4 Å². The van der Waals surface area contributed by atoms with Crippen molar-refractivity contribution in [2.24, 2.45) is 5.92 Å². The SMILES string of the molecule is CC(C)CN1CCC(NC2CCN3CCCCC23)CC1. The van der Waals surface area contributed by atoms with Gasteiger partial charge in [0.2, 0.25) is 0 Å². The highest BCUT2D eigenvalue weighted by molar-refractivity contribution is 4.96. The Morgan fingerprint density at radius 3 is 2.50 bits per heavy atom. The van der Waals surface area contributed by atoms with Crippen molar-refractivity contribution in [2.45, 2.75) is 70.5 Å². The zero-order valence-electron chi connectivity index (χ0n) is 13.5. The van der Waals surface area contributed by atoms with E-state index in [9.17, 15) is 0 Å². The number of nitrogens with one attached hydrogen (secondary N) is 1. The summed E-state index contributed by atoms with van der Waals surface area (Å²) >= 11 is 0. The zero-order valence-corrected chi connectivity index (χ0v) is 13.5. The molecule has 3 saturated heterocycles. The van der Waals surface area contributed by atoms with Gasteiger partial charge >= 0.3 is 0 Å². The Bertz CT molecular complexity index is 297. The molecule has 3 aliphatic heterocycles. The van der Waals surface area contributed by atoms with Gasteiger partial charge < -0.3 is 10.2 Å². The maximum atomic E-state index is 4.02. The van der Waals surface area contributed by atoms with Gasteiger partial charge in [-0.2, -0.15) is 0 Å². The molecule has 0 aliphatic carbocycles. The molecule has 0 amide bonds. The van der Waals surface area contributed by atoms with Crippen LogP contribution in [-0.2, 0) is 0 Å². The third-order valence-corrected chi connectivity index (χ3v) is 5.52. The van der Waals surface area contributed by atoms with Crippen LogP contribution < -0.4 is 5.32 Å². The van der Waals surface area contributed by atoms with Crippen molar-refractivity contribution in [3.8, 4) is 0 Å². The molecule has 3 aliphatic rings. The van der Waals surface area contributed by atoms with Crippen LogP contribution >= 0.6 is 0 Å². The molecule has 3 heteroatoms. The Hall–Kier alpha value is -0.120. The molecule has 3 fully saturated rings. The Balaban J connectivity index is 1.43. The topological polar surface area (TPSA) is 18.5 Å². The lowest BCUT2D eigenvalue weighted by Gasteiger charge is -2.37. The smallest absolute Gasteiger partial charge is 0.0249 e. The summed E-state index contributed by atoms with van der Waals surface area (Å²) in [4.78, 5) is 5.40. The van der Waals surface area contributed by atoms with E-state index in [0.717, 1.165) is 24.0 Å². The first kappa shape index (κ1) is 14.8. The first-order valence-corrected chi connectivity index (χ1v) is 8.95. The number of fused-ring (bicyclic) bond motifs is 1. The molecule has 3 rings (SSSR count). The first-order chi connectivity index (χ1) is 9.72. The minimum Gasteiger partial charge on any atom is -0.310 e. The van der Waals surface area contributed by atoms with Crippen LogP contribution in [0.5, 0.6) is 0 Å². The molecule has 0 aromatic heterocycles. The van der Waals surface area contributed by atoms with Crippen LogP contribution in [0.4, 0.5) is 0 Å². The van der Waals surface area contributed by atoms with Gasteiger partial charge in [-0.15, -0.1) is 0 Å². The van der Waals surface area contributed by atoms with Gasteiger partial charge in [0, 0.05) is 31.2 Å². The minimum absolute atomic E-state index is 0.783. The Morgan fingerprint density at radius 2 is 1.75 bits per heavy atom. The monoisotopic (exact) mass is 279 g/mol. The Labute approximate surface area is 125 Å². The average Bonchev–Trinajstić information content (AvgIpc) is 2.84. The summed E-state index contributed by atoms with van der Waals surface area (Å²) in [5.41, 5.74) is 0. The number of piperidine rings is 2. The lowest BCUT2D eigenvalue weighted by molar-refractivity contribution is 0.151. The number of hydrogen-bond donors (Lipinski definition) is 1. The Kier molecular flexibility index (Phi) is 5.00. The predicted octanol–water partition coefficient (Wildman–Crippen LogP) is 2.32. The quantitative estimate of drug-likeness (QED) is 0.852. The van der Waals surface area contributed by atoms with E-state index in [2.05, 4.69) is 29.0 Å². The Morgan fingerprint density at radius 1 is 0.950 bits per heavy atom. The number of hydrogen-bond acceptors (Lipinski definition) is 3. The normalized spacial score (nSPS) is 33.8. The van der Waals surface area contributed by atoms with Crippen molar-refractivity contribution in [1.82, 2.24) is 15.1 Å². The highest BCUT2D eigenvalue weighted by Gasteiger charge is 2.36. The summed E-state index contributed by atoms with van der Waals surface area (Å²) in [6.45, 7) is 11.3. The van der Waals surface area contributed by atoms with Gasteiger partial charge in [0.05, 0.1) is 0 Å². The second-order valence-electron chi connectivity index (χ2n) is 7.63. The molecule has 0 radical (unpaired) electrons. The third-order valence-electron chi connectivity index (χ3n) is 5.52. The molecular weight excluding hydrogens is 246 g/mol. The summed E-state index contributed by atoms with van der Waals surface area (Å²) in [5.74, 6) is 0.810. The van der Waals surface area contributed by atoms with Crippen molar-refractivity contribution in [3.05, 3.63) is 0 Å². The summed E-state index contributed by atoms with van der Waals surface area (Å²) in [6, 6.07) is 2.43. The van der Waals surface area contributed by atoms with Crippen molar-refractivity contribution < 1.29 is 0 Å². The van der Waals surface area contributed by atoms with E-state index in [1.54, 1.807) is 0 Å². The molecule has 3 heterocycles. The molecule has 0 aromatic rings.